The van der Waals surface area contributed by atoms with Gasteiger partial charge in [0.25, 0.3) is 5.91 Å². The summed E-state index contributed by atoms with van der Waals surface area (Å²) in [5.74, 6) is 0.687. The van der Waals surface area contributed by atoms with E-state index in [1.54, 1.807) is 5.51 Å². The van der Waals surface area contributed by atoms with E-state index in [1.165, 1.54) is 35.3 Å². The van der Waals surface area contributed by atoms with Gasteiger partial charge in [-0.05, 0) is 42.9 Å². The summed E-state index contributed by atoms with van der Waals surface area (Å²) in [6, 6.07) is 9.10. The molecule has 1 aromatic carbocycles. The molecule has 2 aliphatic heterocycles. The predicted molar refractivity (Wildman–Crippen MR) is 110 cm³/mol. The summed E-state index contributed by atoms with van der Waals surface area (Å²) in [7, 11) is 0. The van der Waals surface area contributed by atoms with E-state index in [0.29, 0.717) is 11.6 Å². The van der Waals surface area contributed by atoms with E-state index in [1.807, 2.05) is 10.3 Å². The first-order valence-electron chi connectivity index (χ1n) is 10.0. The molecule has 1 atom stereocenters. The molecule has 144 valence electrons. The number of piperidine rings is 1. The maximum absolute atomic E-state index is 12.6. The second-order valence-electron chi connectivity index (χ2n) is 8.56. The van der Waals surface area contributed by atoms with Crippen LogP contribution in [0.4, 0.5) is 0 Å². The summed E-state index contributed by atoms with van der Waals surface area (Å²) >= 11 is 1.49. The normalized spacial score (nSPS) is 23.4. The van der Waals surface area contributed by atoms with E-state index < -0.39 is 0 Å². The van der Waals surface area contributed by atoms with E-state index in [4.69, 9.17) is 0 Å². The van der Waals surface area contributed by atoms with Crippen LogP contribution in [0.2, 0.25) is 0 Å². The number of likely N-dealkylation sites (tertiary alicyclic amines) is 2. The van der Waals surface area contributed by atoms with E-state index in [0.717, 1.165) is 39.1 Å². The first-order valence-corrected chi connectivity index (χ1v) is 11.0. The highest BCUT2D eigenvalue weighted by Gasteiger charge is 2.43. The highest BCUT2D eigenvalue weighted by atomic mass is 32.1. The van der Waals surface area contributed by atoms with Crippen molar-refractivity contribution in [3.8, 4) is 0 Å². The Morgan fingerprint density at radius 1 is 1.19 bits per heavy atom. The number of amides is 1. The van der Waals surface area contributed by atoms with Gasteiger partial charge in [0, 0.05) is 37.0 Å². The van der Waals surface area contributed by atoms with Gasteiger partial charge in [-0.15, -0.1) is 11.3 Å². The zero-order chi connectivity index (χ0) is 18.9. The van der Waals surface area contributed by atoms with Crippen molar-refractivity contribution < 1.29 is 4.79 Å². The molecule has 1 spiro atoms. The number of carbonyl (C=O) groups is 1. The fraction of sp³-hybridized carbons (Fsp3) is 0.545. The Kier molecular flexibility index (Phi) is 5.33. The van der Waals surface area contributed by atoms with Crippen LogP contribution < -0.4 is 0 Å². The number of aromatic nitrogens is 1. The maximum Gasteiger partial charge on any atom is 0.273 e. The summed E-state index contributed by atoms with van der Waals surface area (Å²) in [6.07, 6.45) is 3.57. The van der Waals surface area contributed by atoms with Crippen LogP contribution in [0.1, 0.15) is 60.6 Å². The van der Waals surface area contributed by atoms with Gasteiger partial charge in [0.1, 0.15) is 5.69 Å². The summed E-state index contributed by atoms with van der Waals surface area (Å²) in [6.45, 7) is 9.50. The molecule has 0 N–H and O–H groups in total. The first kappa shape index (κ1) is 18.6. The van der Waals surface area contributed by atoms with Crippen LogP contribution in [0, 0.1) is 5.41 Å². The summed E-state index contributed by atoms with van der Waals surface area (Å²) < 4.78 is 0. The third-order valence-electron chi connectivity index (χ3n) is 6.17. The fourth-order valence-electron chi connectivity index (χ4n) is 4.63. The molecule has 0 aliphatic carbocycles. The molecule has 2 aromatic rings. The Balaban J connectivity index is 1.38. The number of hydrogen-bond acceptors (Lipinski definition) is 4. The molecule has 2 saturated heterocycles. The first-order chi connectivity index (χ1) is 13.0. The van der Waals surface area contributed by atoms with Crippen LogP contribution in [0.5, 0.6) is 0 Å². The van der Waals surface area contributed by atoms with Gasteiger partial charge < -0.3 is 4.90 Å². The number of thiazole rings is 1. The maximum atomic E-state index is 12.6. The summed E-state index contributed by atoms with van der Waals surface area (Å²) in [4.78, 5) is 21.5. The lowest BCUT2D eigenvalue weighted by Crippen LogP contribution is -2.45. The van der Waals surface area contributed by atoms with E-state index in [9.17, 15) is 4.79 Å². The van der Waals surface area contributed by atoms with Gasteiger partial charge in [-0.25, -0.2) is 4.98 Å². The Morgan fingerprint density at radius 2 is 2.00 bits per heavy atom. The van der Waals surface area contributed by atoms with E-state index >= 15 is 0 Å². The molecule has 3 heterocycles. The molecular formula is C22H29N3OS. The summed E-state index contributed by atoms with van der Waals surface area (Å²) in [5.41, 5.74) is 5.41. The van der Waals surface area contributed by atoms with Crippen molar-refractivity contribution in [1.82, 2.24) is 14.8 Å². The molecule has 0 unspecified atom stereocenters. The minimum atomic E-state index is 0.106. The van der Waals surface area contributed by atoms with Crippen LogP contribution >= 0.6 is 11.3 Å². The SMILES string of the molecule is CC(C)c1ccc(CN2CCC[C@@]3(CCN(C(=O)c4cscn4)C3)C2)cc1. The van der Waals surface area contributed by atoms with Crippen LogP contribution in [0.3, 0.4) is 0 Å². The van der Waals surface area contributed by atoms with Gasteiger partial charge in [0.2, 0.25) is 0 Å². The molecule has 2 aliphatic rings. The lowest BCUT2D eigenvalue weighted by molar-refractivity contribution is 0.0671. The van der Waals surface area contributed by atoms with Crippen molar-refractivity contribution in [1.29, 1.82) is 0 Å². The van der Waals surface area contributed by atoms with Crippen molar-refractivity contribution >= 4 is 17.2 Å². The van der Waals surface area contributed by atoms with Crippen molar-refractivity contribution in [2.45, 2.75) is 45.6 Å². The Labute approximate surface area is 166 Å². The van der Waals surface area contributed by atoms with Crippen molar-refractivity contribution in [3.63, 3.8) is 0 Å². The minimum absolute atomic E-state index is 0.106. The fourth-order valence-corrected chi connectivity index (χ4v) is 5.16. The smallest absolute Gasteiger partial charge is 0.273 e. The molecule has 0 saturated carbocycles. The molecule has 27 heavy (non-hydrogen) atoms. The molecular weight excluding hydrogens is 354 g/mol. The van der Waals surface area contributed by atoms with Crippen LogP contribution in [0.25, 0.3) is 0 Å². The van der Waals surface area contributed by atoms with Gasteiger partial charge in [-0.1, -0.05) is 38.1 Å². The Hall–Kier alpha value is -1.72. The summed E-state index contributed by atoms with van der Waals surface area (Å²) in [5, 5.41) is 1.86. The third-order valence-corrected chi connectivity index (χ3v) is 6.76. The van der Waals surface area contributed by atoms with E-state index in [-0.39, 0.29) is 11.3 Å². The predicted octanol–water partition coefficient (Wildman–Crippen LogP) is 4.39. The highest BCUT2D eigenvalue weighted by molar-refractivity contribution is 7.07. The number of rotatable bonds is 4. The van der Waals surface area contributed by atoms with Gasteiger partial charge in [0.05, 0.1) is 5.51 Å². The van der Waals surface area contributed by atoms with E-state index in [2.05, 4.69) is 48.0 Å². The topological polar surface area (TPSA) is 36.4 Å². The largest absolute Gasteiger partial charge is 0.337 e. The highest BCUT2D eigenvalue weighted by Crippen LogP contribution is 2.39. The molecule has 2 fully saturated rings. The lowest BCUT2D eigenvalue weighted by Gasteiger charge is -2.40. The van der Waals surface area contributed by atoms with Gasteiger partial charge in [-0.2, -0.15) is 0 Å². The molecule has 1 aromatic heterocycles. The van der Waals surface area contributed by atoms with Gasteiger partial charge in [0.15, 0.2) is 0 Å². The second kappa shape index (κ2) is 7.72. The number of carbonyl (C=O) groups excluding carboxylic acids is 1. The Bertz CT molecular complexity index is 771. The lowest BCUT2D eigenvalue weighted by atomic mass is 9.79. The number of benzene rings is 1. The Morgan fingerprint density at radius 3 is 2.70 bits per heavy atom. The molecule has 0 radical (unpaired) electrons. The molecule has 1 amide bonds. The average Bonchev–Trinajstić information content (AvgIpc) is 3.32. The zero-order valence-corrected chi connectivity index (χ0v) is 17.2. The molecule has 4 rings (SSSR count). The molecule has 0 bridgehead atoms. The van der Waals surface area contributed by atoms with Crippen LogP contribution in [0.15, 0.2) is 35.2 Å². The van der Waals surface area contributed by atoms with Gasteiger partial charge in [-0.3, -0.25) is 9.69 Å². The number of nitrogens with zero attached hydrogens (tertiary/aromatic N) is 3. The molecule has 4 nitrogen and oxygen atoms in total. The van der Waals surface area contributed by atoms with Crippen molar-refractivity contribution in [2.75, 3.05) is 26.2 Å². The van der Waals surface area contributed by atoms with Crippen molar-refractivity contribution in [3.05, 3.63) is 52.0 Å². The second-order valence-corrected chi connectivity index (χ2v) is 9.28. The van der Waals surface area contributed by atoms with Crippen LogP contribution in [-0.2, 0) is 6.54 Å². The number of hydrogen-bond donors (Lipinski definition) is 0. The minimum Gasteiger partial charge on any atom is -0.337 e. The monoisotopic (exact) mass is 383 g/mol. The third kappa shape index (κ3) is 4.09. The van der Waals surface area contributed by atoms with Crippen molar-refractivity contribution in [2.24, 2.45) is 5.41 Å². The zero-order valence-electron chi connectivity index (χ0n) is 16.4. The van der Waals surface area contributed by atoms with Gasteiger partial charge >= 0.3 is 0 Å². The van der Waals surface area contributed by atoms with Crippen LogP contribution in [-0.4, -0.2) is 46.9 Å². The average molecular weight is 384 g/mol. The standard InChI is InChI=1S/C22H29N3OS/c1-17(2)19-6-4-18(5-7-19)12-24-10-3-8-22(14-24)9-11-25(15-22)21(26)20-13-27-16-23-20/h4-7,13,16-17H,3,8-12,14-15H2,1-2H3/t22-/m1/s1. The quantitative estimate of drug-likeness (QED) is 0.785. The molecule has 5 heteroatoms.